The van der Waals surface area contributed by atoms with E-state index in [2.05, 4.69) is 15.6 Å². The third kappa shape index (κ3) is 6.60. The van der Waals surface area contributed by atoms with Gasteiger partial charge in [0.2, 0.25) is 0 Å². The van der Waals surface area contributed by atoms with Crippen molar-refractivity contribution in [3.8, 4) is 0 Å². The first-order chi connectivity index (χ1) is 11.8. The second kappa shape index (κ2) is 8.69. The van der Waals surface area contributed by atoms with Crippen molar-refractivity contribution >= 4 is 12.1 Å². The van der Waals surface area contributed by atoms with E-state index >= 15 is 0 Å². The number of pyridine rings is 1. The Morgan fingerprint density at radius 3 is 2.76 bits per heavy atom. The largest absolute Gasteiger partial charge is 0.444 e. The number of hydrogen-bond acceptors (Lipinski definition) is 4. The van der Waals surface area contributed by atoms with Crippen LogP contribution in [0.15, 0.2) is 24.4 Å². The lowest BCUT2D eigenvalue weighted by atomic mass is 10.0. The average Bonchev–Trinajstić information content (AvgIpc) is 2.58. The van der Waals surface area contributed by atoms with Gasteiger partial charge < -0.3 is 20.3 Å². The lowest BCUT2D eigenvalue weighted by molar-refractivity contribution is 0.0102. The summed E-state index contributed by atoms with van der Waals surface area (Å²) in [6.07, 6.45) is 4.24. The maximum atomic E-state index is 12.3. The molecule has 0 unspecified atom stereocenters. The van der Waals surface area contributed by atoms with Gasteiger partial charge in [0.1, 0.15) is 5.60 Å². The molecule has 1 fully saturated rings. The van der Waals surface area contributed by atoms with Gasteiger partial charge in [-0.05, 0) is 52.2 Å². The summed E-state index contributed by atoms with van der Waals surface area (Å²) in [5.41, 5.74) is 0.276. The van der Waals surface area contributed by atoms with Gasteiger partial charge in [0.25, 0.3) is 0 Å². The van der Waals surface area contributed by atoms with Crippen LogP contribution in [0.25, 0.3) is 0 Å². The topological polar surface area (TPSA) is 83.6 Å². The zero-order chi connectivity index (χ0) is 18.3. The first kappa shape index (κ1) is 19.0. The molecule has 25 heavy (non-hydrogen) atoms. The number of nitrogens with one attached hydrogen (secondary N) is 2. The molecule has 1 aromatic rings. The molecule has 1 atom stereocenters. The van der Waals surface area contributed by atoms with Crippen molar-refractivity contribution in [2.45, 2.75) is 58.2 Å². The highest BCUT2D eigenvalue weighted by Crippen LogP contribution is 2.20. The van der Waals surface area contributed by atoms with Gasteiger partial charge in [0.05, 0.1) is 18.3 Å². The molecule has 138 valence electrons. The number of aromatic nitrogens is 1. The molecule has 7 nitrogen and oxygen atoms in total. The number of ether oxygens (including phenoxy) is 1. The maximum Gasteiger partial charge on any atom is 0.410 e. The molecule has 1 aromatic heterocycles. The molecule has 3 amide bonds. The number of piperidine rings is 1. The van der Waals surface area contributed by atoms with Crippen molar-refractivity contribution in [3.63, 3.8) is 0 Å². The zero-order valence-corrected chi connectivity index (χ0v) is 15.2. The van der Waals surface area contributed by atoms with Crippen molar-refractivity contribution in [1.82, 2.24) is 20.5 Å². The molecule has 0 bridgehead atoms. The molecule has 0 spiro atoms. The molecule has 0 aliphatic carbocycles. The van der Waals surface area contributed by atoms with Gasteiger partial charge in [-0.2, -0.15) is 0 Å². The second-order valence-corrected chi connectivity index (χ2v) is 7.21. The maximum absolute atomic E-state index is 12.3. The SMILES string of the molecule is CC(C)(C)OC(=O)N1CCCC[C@H]1CNC(=O)NCc1ccccn1. The fraction of sp³-hybridized carbons (Fsp3) is 0.611. The van der Waals surface area contributed by atoms with E-state index in [1.54, 1.807) is 11.1 Å². The van der Waals surface area contributed by atoms with Gasteiger partial charge in [-0.1, -0.05) is 6.07 Å². The molecule has 2 N–H and O–H groups in total. The first-order valence-corrected chi connectivity index (χ1v) is 8.76. The van der Waals surface area contributed by atoms with Gasteiger partial charge in [-0.25, -0.2) is 9.59 Å². The summed E-state index contributed by atoms with van der Waals surface area (Å²) in [6.45, 7) is 7.00. The molecule has 1 aliphatic heterocycles. The molecule has 2 rings (SSSR count). The number of hydrogen-bond donors (Lipinski definition) is 2. The Bertz CT molecular complexity index is 571. The molecule has 0 radical (unpaired) electrons. The van der Waals surface area contributed by atoms with E-state index in [4.69, 9.17) is 4.74 Å². The minimum Gasteiger partial charge on any atom is -0.444 e. The fourth-order valence-electron chi connectivity index (χ4n) is 2.72. The number of carbonyl (C=O) groups is 2. The Balaban J connectivity index is 1.80. The third-order valence-electron chi connectivity index (χ3n) is 3.91. The summed E-state index contributed by atoms with van der Waals surface area (Å²) < 4.78 is 5.47. The van der Waals surface area contributed by atoms with E-state index in [1.807, 2.05) is 39.0 Å². The molecular weight excluding hydrogens is 320 g/mol. The van der Waals surface area contributed by atoms with Crippen molar-refractivity contribution in [2.75, 3.05) is 13.1 Å². The molecule has 0 aromatic carbocycles. The van der Waals surface area contributed by atoms with Crippen molar-refractivity contribution in [1.29, 1.82) is 0 Å². The summed E-state index contributed by atoms with van der Waals surface area (Å²) in [7, 11) is 0. The summed E-state index contributed by atoms with van der Waals surface area (Å²) >= 11 is 0. The number of nitrogens with zero attached hydrogens (tertiary/aromatic N) is 2. The van der Waals surface area contributed by atoms with E-state index in [9.17, 15) is 9.59 Å². The minimum absolute atomic E-state index is 0.0378. The Hall–Kier alpha value is -2.31. The highest BCUT2D eigenvalue weighted by molar-refractivity contribution is 5.74. The third-order valence-corrected chi connectivity index (χ3v) is 3.91. The van der Waals surface area contributed by atoms with Crippen LogP contribution in [0.1, 0.15) is 45.7 Å². The van der Waals surface area contributed by atoms with E-state index in [0.717, 1.165) is 25.0 Å². The molecule has 1 saturated heterocycles. The average molecular weight is 348 g/mol. The van der Waals surface area contributed by atoms with Gasteiger partial charge >= 0.3 is 12.1 Å². The van der Waals surface area contributed by atoms with Crippen molar-refractivity contribution in [3.05, 3.63) is 30.1 Å². The smallest absolute Gasteiger partial charge is 0.410 e. The van der Waals surface area contributed by atoms with Crippen LogP contribution in [-0.4, -0.2) is 46.7 Å². The van der Waals surface area contributed by atoms with E-state index < -0.39 is 5.60 Å². The minimum atomic E-state index is -0.521. The molecule has 0 saturated carbocycles. The normalized spacial score (nSPS) is 17.7. The van der Waals surface area contributed by atoms with Crippen molar-refractivity contribution in [2.24, 2.45) is 0 Å². The van der Waals surface area contributed by atoms with Crippen LogP contribution < -0.4 is 10.6 Å². The quantitative estimate of drug-likeness (QED) is 0.876. The molecule has 2 heterocycles. The van der Waals surface area contributed by atoms with Crippen LogP contribution in [0.3, 0.4) is 0 Å². The van der Waals surface area contributed by atoms with Gasteiger partial charge in [0, 0.05) is 19.3 Å². The predicted molar refractivity (Wildman–Crippen MR) is 95.1 cm³/mol. The number of amides is 3. The highest BCUT2D eigenvalue weighted by Gasteiger charge is 2.30. The summed E-state index contributed by atoms with van der Waals surface area (Å²) in [5, 5.41) is 5.62. The van der Waals surface area contributed by atoms with Gasteiger partial charge in [-0.15, -0.1) is 0 Å². The lowest BCUT2D eigenvalue weighted by Crippen LogP contribution is -2.51. The zero-order valence-electron chi connectivity index (χ0n) is 15.2. The molecule has 1 aliphatic rings. The van der Waals surface area contributed by atoms with E-state index in [-0.39, 0.29) is 18.2 Å². The Kier molecular flexibility index (Phi) is 6.61. The Labute approximate surface area is 149 Å². The van der Waals surface area contributed by atoms with Crippen molar-refractivity contribution < 1.29 is 14.3 Å². The van der Waals surface area contributed by atoms with Crippen LogP contribution in [-0.2, 0) is 11.3 Å². The van der Waals surface area contributed by atoms with Gasteiger partial charge in [0.15, 0.2) is 0 Å². The van der Waals surface area contributed by atoms with Crippen LogP contribution in [0.5, 0.6) is 0 Å². The van der Waals surface area contributed by atoms with Crippen LogP contribution in [0.2, 0.25) is 0 Å². The predicted octanol–water partition coefficient (Wildman–Crippen LogP) is 2.67. The number of carbonyl (C=O) groups excluding carboxylic acids is 2. The summed E-state index contributed by atoms with van der Waals surface area (Å²) in [5.74, 6) is 0. The number of likely N-dealkylation sites (tertiary alicyclic amines) is 1. The summed E-state index contributed by atoms with van der Waals surface area (Å²) in [6, 6.07) is 5.26. The number of urea groups is 1. The first-order valence-electron chi connectivity index (χ1n) is 8.76. The van der Waals surface area contributed by atoms with Crippen LogP contribution >= 0.6 is 0 Å². The Morgan fingerprint density at radius 2 is 2.08 bits per heavy atom. The van der Waals surface area contributed by atoms with Crippen LogP contribution in [0.4, 0.5) is 9.59 Å². The van der Waals surface area contributed by atoms with Gasteiger partial charge in [-0.3, -0.25) is 4.98 Å². The lowest BCUT2D eigenvalue weighted by Gasteiger charge is -2.36. The fourth-order valence-corrected chi connectivity index (χ4v) is 2.72. The second-order valence-electron chi connectivity index (χ2n) is 7.21. The summed E-state index contributed by atoms with van der Waals surface area (Å²) in [4.78, 5) is 30.2. The van der Waals surface area contributed by atoms with E-state index in [1.165, 1.54) is 0 Å². The van der Waals surface area contributed by atoms with E-state index in [0.29, 0.717) is 19.6 Å². The number of rotatable bonds is 4. The standard InChI is InChI=1S/C18H28N4O3/c1-18(2,3)25-17(24)22-11-7-5-9-15(22)13-21-16(23)20-12-14-8-4-6-10-19-14/h4,6,8,10,15H,5,7,9,11-13H2,1-3H3,(H2,20,21,23)/t15-/m0/s1. The van der Waals surface area contributed by atoms with Crippen LogP contribution in [0, 0.1) is 0 Å². The molecular formula is C18H28N4O3. The monoisotopic (exact) mass is 348 g/mol. The Morgan fingerprint density at radius 1 is 1.28 bits per heavy atom. The highest BCUT2D eigenvalue weighted by atomic mass is 16.6. The molecule has 7 heteroatoms.